The van der Waals surface area contributed by atoms with Crippen LogP contribution in [0.2, 0.25) is 0 Å². The normalized spacial score (nSPS) is 10.5. The lowest BCUT2D eigenvalue weighted by molar-refractivity contribution is 0.102. The summed E-state index contributed by atoms with van der Waals surface area (Å²) in [4.78, 5) is 29.3. The summed E-state index contributed by atoms with van der Waals surface area (Å²) in [6.45, 7) is 1.89. The minimum absolute atomic E-state index is 0.170. The zero-order valence-electron chi connectivity index (χ0n) is 16.0. The van der Waals surface area contributed by atoms with Crippen LogP contribution in [-0.2, 0) is 0 Å². The van der Waals surface area contributed by atoms with E-state index in [0.717, 1.165) is 5.69 Å². The van der Waals surface area contributed by atoms with E-state index in [9.17, 15) is 9.18 Å². The van der Waals surface area contributed by atoms with E-state index >= 15 is 0 Å². The van der Waals surface area contributed by atoms with Gasteiger partial charge in [-0.05, 0) is 37.3 Å². The molecule has 8 heteroatoms. The Morgan fingerprint density at radius 1 is 0.967 bits per heavy atom. The van der Waals surface area contributed by atoms with Crippen molar-refractivity contribution in [1.29, 1.82) is 0 Å². The zero-order chi connectivity index (χ0) is 20.9. The van der Waals surface area contributed by atoms with E-state index in [2.05, 4.69) is 30.6 Å². The predicted octanol–water partition coefficient (Wildman–Crippen LogP) is 4.38. The highest BCUT2D eigenvalue weighted by Crippen LogP contribution is 2.24. The molecule has 1 amide bonds. The van der Waals surface area contributed by atoms with Gasteiger partial charge in [-0.2, -0.15) is 0 Å². The molecule has 4 aromatic rings. The van der Waals surface area contributed by atoms with E-state index in [-0.39, 0.29) is 17.5 Å². The Kier molecular flexibility index (Phi) is 5.38. The Bertz CT molecular complexity index is 1200. The molecule has 0 aliphatic heterocycles. The van der Waals surface area contributed by atoms with E-state index in [1.807, 2.05) is 19.1 Å². The minimum atomic E-state index is -0.435. The summed E-state index contributed by atoms with van der Waals surface area (Å²) in [5.41, 5.74) is 3.16. The number of amides is 1. The fourth-order valence-corrected chi connectivity index (χ4v) is 2.76. The molecule has 148 valence electrons. The van der Waals surface area contributed by atoms with Crippen molar-refractivity contribution in [3.05, 3.63) is 90.5 Å². The Labute approximate surface area is 172 Å². The van der Waals surface area contributed by atoms with Crippen LogP contribution in [0, 0.1) is 12.7 Å². The third-order valence-electron chi connectivity index (χ3n) is 4.24. The van der Waals surface area contributed by atoms with Crippen LogP contribution in [0.1, 0.15) is 16.2 Å². The summed E-state index contributed by atoms with van der Waals surface area (Å²) in [5, 5.41) is 5.74. The molecule has 0 fully saturated rings. The molecule has 0 atom stereocenters. The number of nitrogens with one attached hydrogen (secondary N) is 2. The summed E-state index contributed by atoms with van der Waals surface area (Å²) in [7, 11) is 0. The van der Waals surface area contributed by atoms with Gasteiger partial charge in [0.1, 0.15) is 11.5 Å². The number of pyridine rings is 2. The maximum atomic E-state index is 14.0. The molecule has 3 heterocycles. The quantitative estimate of drug-likeness (QED) is 0.517. The molecule has 0 saturated heterocycles. The monoisotopic (exact) mass is 400 g/mol. The molecule has 2 N–H and O–H groups in total. The van der Waals surface area contributed by atoms with Gasteiger partial charge >= 0.3 is 0 Å². The molecule has 0 aliphatic rings. The first-order valence-corrected chi connectivity index (χ1v) is 9.12. The number of rotatable bonds is 5. The van der Waals surface area contributed by atoms with Crippen LogP contribution < -0.4 is 10.6 Å². The van der Waals surface area contributed by atoms with Gasteiger partial charge in [0, 0.05) is 29.2 Å². The number of carbonyl (C=O) groups is 1. The third-order valence-corrected chi connectivity index (χ3v) is 4.24. The van der Waals surface area contributed by atoms with Crippen LogP contribution in [-0.4, -0.2) is 25.8 Å². The van der Waals surface area contributed by atoms with Gasteiger partial charge in [0.2, 0.25) is 5.95 Å². The first kappa shape index (κ1) is 19.1. The summed E-state index contributed by atoms with van der Waals surface area (Å²) < 4.78 is 14.0. The molecule has 0 aliphatic carbocycles. The lowest BCUT2D eigenvalue weighted by atomic mass is 10.1. The van der Waals surface area contributed by atoms with Crippen molar-refractivity contribution in [2.45, 2.75) is 6.92 Å². The minimum Gasteiger partial charge on any atom is -0.323 e. The molecule has 0 unspecified atom stereocenters. The first-order valence-electron chi connectivity index (χ1n) is 9.12. The summed E-state index contributed by atoms with van der Waals surface area (Å²) >= 11 is 0. The van der Waals surface area contributed by atoms with Gasteiger partial charge in [-0.3, -0.25) is 14.8 Å². The van der Waals surface area contributed by atoms with Gasteiger partial charge in [-0.15, -0.1) is 0 Å². The van der Waals surface area contributed by atoms with E-state index in [4.69, 9.17) is 0 Å². The van der Waals surface area contributed by atoms with Gasteiger partial charge in [0.25, 0.3) is 5.91 Å². The molecule has 0 spiro atoms. The average Bonchev–Trinajstić information content (AvgIpc) is 2.76. The van der Waals surface area contributed by atoms with Crippen molar-refractivity contribution in [2.24, 2.45) is 0 Å². The number of benzene rings is 1. The molecule has 30 heavy (non-hydrogen) atoms. The van der Waals surface area contributed by atoms with Gasteiger partial charge in [0.05, 0.1) is 23.8 Å². The van der Waals surface area contributed by atoms with Crippen LogP contribution in [0.15, 0.2) is 73.3 Å². The maximum Gasteiger partial charge on any atom is 0.274 e. The molecule has 1 aromatic carbocycles. The van der Waals surface area contributed by atoms with Crippen molar-refractivity contribution in [3.8, 4) is 11.1 Å². The van der Waals surface area contributed by atoms with Crippen LogP contribution in [0.3, 0.4) is 0 Å². The number of hydrogen-bond donors (Lipinski definition) is 2. The second-order valence-electron chi connectivity index (χ2n) is 6.48. The average molecular weight is 400 g/mol. The van der Waals surface area contributed by atoms with E-state index < -0.39 is 5.91 Å². The van der Waals surface area contributed by atoms with Crippen molar-refractivity contribution in [1.82, 2.24) is 19.9 Å². The number of nitrogens with zero attached hydrogens (tertiary/aromatic N) is 4. The molecule has 3 aromatic heterocycles. The van der Waals surface area contributed by atoms with Gasteiger partial charge in [-0.1, -0.05) is 18.2 Å². The highest BCUT2D eigenvalue weighted by Gasteiger charge is 2.11. The number of aromatic nitrogens is 4. The Balaban J connectivity index is 1.51. The number of anilines is 3. The molecule has 4 rings (SSSR count). The van der Waals surface area contributed by atoms with Gasteiger partial charge in [-0.25, -0.2) is 14.4 Å². The number of carbonyl (C=O) groups excluding carboxylic acids is 1. The Morgan fingerprint density at radius 3 is 2.63 bits per heavy atom. The van der Waals surface area contributed by atoms with Crippen LogP contribution >= 0.6 is 0 Å². The Morgan fingerprint density at radius 2 is 1.83 bits per heavy atom. The molecule has 0 saturated carbocycles. The largest absolute Gasteiger partial charge is 0.323 e. The van der Waals surface area contributed by atoms with Crippen molar-refractivity contribution in [3.63, 3.8) is 0 Å². The lowest BCUT2D eigenvalue weighted by Gasteiger charge is -2.09. The van der Waals surface area contributed by atoms with E-state index in [1.165, 1.54) is 30.7 Å². The predicted molar refractivity (Wildman–Crippen MR) is 112 cm³/mol. The van der Waals surface area contributed by atoms with Gasteiger partial charge < -0.3 is 10.6 Å². The summed E-state index contributed by atoms with van der Waals surface area (Å²) in [6, 6.07) is 13.2. The van der Waals surface area contributed by atoms with E-state index in [1.54, 1.807) is 30.5 Å². The van der Waals surface area contributed by atoms with Crippen LogP contribution in [0.5, 0.6) is 0 Å². The molecule has 0 bridgehead atoms. The van der Waals surface area contributed by atoms with Crippen LogP contribution in [0.4, 0.5) is 21.7 Å². The standard InChI is InChI=1S/C22H17FN6O/c1-14-6-7-16(13-26-14)28-22-25-9-8-20(29-22)21(30)27-17-10-15(11-24-12-17)18-4-2-3-5-19(18)23/h2-13H,1H3,(H,27,30)(H,25,28,29). The van der Waals surface area contributed by atoms with Crippen molar-refractivity contribution in [2.75, 3.05) is 10.6 Å². The molecular weight excluding hydrogens is 383 g/mol. The SMILES string of the molecule is Cc1ccc(Nc2nccc(C(=O)Nc3cncc(-c4ccccc4F)c3)n2)cn1. The molecule has 7 nitrogen and oxygen atoms in total. The van der Waals surface area contributed by atoms with Crippen molar-refractivity contribution < 1.29 is 9.18 Å². The number of hydrogen-bond acceptors (Lipinski definition) is 6. The first-order chi connectivity index (χ1) is 14.6. The zero-order valence-corrected chi connectivity index (χ0v) is 16.0. The smallest absolute Gasteiger partial charge is 0.274 e. The maximum absolute atomic E-state index is 14.0. The lowest BCUT2D eigenvalue weighted by Crippen LogP contribution is -2.15. The van der Waals surface area contributed by atoms with Crippen LogP contribution in [0.25, 0.3) is 11.1 Å². The Hall–Kier alpha value is -4.20. The third kappa shape index (κ3) is 4.44. The van der Waals surface area contributed by atoms with Crippen molar-refractivity contribution >= 4 is 23.2 Å². The molecular formula is C22H17FN6O. The fourth-order valence-electron chi connectivity index (χ4n) is 2.76. The molecule has 0 radical (unpaired) electrons. The number of aryl methyl sites for hydroxylation is 1. The number of halogens is 1. The topological polar surface area (TPSA) is 92.7 Å². The highest BCUT2D eigenvalue weighted by molar-refractivity contribution is 6.03. The fraction of sp³-hybridized carbons (Fsp3) is 0.0455. The highest BCUT2D eigenvalue weighted by atomic mass is 19.1. The second-order valence-corrected chi connectivity index (χ2v) is 6.48. The summed E-state index contributed by atoms with van der Waals surface area (Å²) in [5.74, 6) is -0.526. The second kappa shape index (κ2) is 8.44. The van der Waals surface area contributed by atoms with E-state index in [0.29, 0.717) is 22.5 Å². The summed E-state index contributed by atoms with van der Waals surface area (Å²) in [6.07, 6.45) is 6.17. The van der Waals surface area contributed by atoms with Gasteiger partial charge in [0.15, 0.2) is 0 Å².